The number of aromatic nitrogens is 2. The van der Waals surface area contributed by atoms with Crippen LogP contribution in [0.3, 0.4) is 0 Å². The van der Waals surface area contributed by atoms with E-state index in [1.165, 1.54) is 6.33 Å². The van der Waals surface area contributed by atoms with Crippen LogP contribution >= 0.6 is 22.6 Å². The van der Waals surface area contributed by atoms with Crippen LogP contribution in [0.5, 0.6) is 0 Å². The van der Waals surface area contributed by atoms with Crippen LogP contribution < -0.4 is 10.6 Å². The molecule has 0 radical (unpaired) electrons. The summed E-state index contributed by atoms with van der Waals surface area (Å²) in [6, 6.07) is 0. The molecule has 0 aromatic carbocycles. The number of hydrogen-bond donors (Lipinski definition) is 2. The molecule has 0 fully saturated rings. The largest absolute Gasteiger partial charge is 0.409 e. The third kappa shape index (κ3) is 3.50. The molecular formula is C8H12IN5O. The molecule has 0 bridgehead atoms. The van der Waals surface area contributed by atoms with Crippen molar-refractivity contribution in [3.8, 4) is 0 Å². The van der Waals surface area contributed by atoms with Gasteiger partial charge in [0.05, 0.1) is 3.57 Å². The van der Waals surface area contributed by atoms with Crippen LogP contribution in [0.15, 0.2) is 17.7 Å². The number of nitrogens with zero attached hydrogens (tertiary/aromatic N) is 4. The van der Waals surface area contributed by atoms with Crippen LogP contribution in [0.1, 0.15) is 6.42 Å². The van der Waals surface area contributed by atoms with Crippen molar-refractivity contribution in [3.05, 3.63) is 16.1 Å². The highest BCUT2D eigenvalue weighted by molar-refractivity contribution is 14.1. The molecular weight excluding hydrogens is 309 g/mol. The first-order valence-electron chi connectivity index (χ1n) is 4.28. The molecule has 0 unspecified atom stereocenters. The zero-order valence-corrected chi connectivity index (χ0v) is 10.4. The van der Waals surface area contributed by atoms with E-state index in [4.69, 9.17) is 10.9 Å². The van der Waals surface area contributed by atoms with Crippen molar-refractivity contribution in [2.24, 2.45) is 10.9 Å². The Morgan fingerprint density at radius 2 is 2.47 bits per heavy atom. The third-order valence-electron chi connectivity index (χ3n) is 1.84. The summed E-state index contributed by atoms with van der Waals surface area (Å²) in [5.74, 6) is 1.06. The summed E-state index contributed by atoms with van der Waals surface area (Å²) in [5, 5.41) is 11.3. The lowest BCUT2D eigenvalue weighted by atomic mass is 10.3. The fourth-order valence-corrected chi connectivity index (χ4v) is 1.74. The van der Waals surface area contributed by atoms with Gasteiger partial charge >= 0.3 is 0 Å². The number of halogens is 1. The SMILES string of the molecule is CN(CCC(N)=NO)c1ncncc1I. The second-order valence-electron chi connectivity index (χ2n) is 2.96. The molecule has 82 valence electrons. The molecule has 0 aliphatic carbocycles. The van der Waals surface area contributed by atoms with Gasteiger partial charge in [-0.25, -0.2) is 9.97 Å². The maximum atomic E-state index is 8.39. The predicted octanol–water partition coefficient (Wildman–Crippen LogP) is 0.654. The number of amidine groups is 1. The van der Waals surface area contributed by atoms with E-state index in [0.29, 0.717) is 13.0 Å². The van der Waals surface area contributed by atoms with Gasteiger partial charge in [0.1, 0.15) is 18.0 Å². The van der Waals surface area contributed by atoms with Crippen LogP contribution in [0.2, 0.25) is 0 Å². The van der Waals surface area contributed by atoms with Gasteiger partial charge in [-0.15, -0.1) is 0 Å². The molecule has 0 atom stereocenters. The fourth-order valence-electron chi connectivity index (χ4n) is 1.03. The Bertz CT molecular complexity index is 357. The lowest BCUT2D eigenvalue weighted by Crippen LogP contribution is -2.25. The normalized spacial score (nSPS) is 11.5. The smallest absolute Gasteiger partial charge is 0.145 e. The van der Waals surface area contributed by atoms with Crippen molar-refractivity contribution in [1.82, 2.24) is 9.97 Å². The minimum Gasteiger partial charge on any atom is -0.409 e. The number of oxime groups is 1. The average molecular weight is 321 g/mol. The summed E-state index contributed by atoms with van der Waals surface area (Å²) >= 11 is 2.16. The van der Waals surface area contributed by atoms with Crippen LogP contribution in [-0.2, 0) is 0 Å². The van der Waals surface area contributed by atoms with Gasteiger partial charge in [0.25, 0.3) is 0 Å². The Balaban J connectivity index is 2.61. The first-order chi connectivity index (χ1) is 7.15. The van der Waals surface area contributed by atoms with Gasteiger partial charge < -0.3 is 15.8 Å². The quantitative estimate of drug-likeness (QED) is 0.280. The molecule has 1 heterocycles. The first kappa shape index (κ1) is 12.0. The van der Waals surface area contributed by atoms with Crippen molar-refractivity contribution in [2.45, 2.75) is 6.42 Å². The van der Waals surface area contributed by atoms with Crippen molar-refractivity contribution in [1.29, 1.82) is 0 Å². The summed E-state index contributed by atoms with van der Waals surface area (Å²) < 4.78 is 0.970. The molecule has 0 saturated carbocycles. The Labute approximate surface area is 101 Å². The van der Waals surface area contributed by atoms with Gasteiger partial charge in [-0.2, -0.15) is 0 Å². The van der Waals surface area contributed by atoms with Gasteiger partial charge in [0.2, 0.25) is 0 Å². The van der Waals surface area contributed by atoms with Crippen molar-refractivity contribution >= 4 is 34.2 Å². The number of rotatable bonds is 4. The number of anilines is 1. The highest BCUT2D eigenvalue weighted by atomic mass is 127. The Morgan fingerprint density at radius 1 is 1.73 bits per heavy atom. The zero-order valence-electron chi connectivity index (χ0n) is 8.26. The van der Waals surface area contributed by atoms with Crippen LogP contribution in [0.25, 0.3) is 0 Å². The molecule has 0 aliphatic rings. The van der Waals surface area contributed by atoms with Gasteiger partial charge in [-0.1, -0.05) is 5.16 Å². The van der Waals surface area contributed by atoms with Gasteiger partial charge in [0, 0.05) is 26.2 Å². The fraction of sp³-hybridized carbons (Fsp3) is 0.375. The highest BCUT2D eigenvalue weighted by Gasteiger charge is 2.07. The van der Waals surface area contributed by atoms with E-state index < -0.39 is 0 Å². The van der Waals surface area contributed by atoms with E-state index in [0.717, 1.165) is 9.39 Å². The van der Waals surface area contributed by atoms with Crippen LogP contribution in [0, 0.1) is 3.57 Å². The maximum absolute atomic E-state index is 8.39. The van der Waals surface area contributed by atoms with Crippen molar-refractivity contribution in [2.75, 3.05) is 18.5 Å². The van der Waals surface area contributed by atoms with Gasteiger partial charge in [-0.3, -0.25) is 0 Å². The number of hydrogen-bond acceptors (Lipinski definition) is 5. The van der Waals surface area contributed by atoms with Crippen molar-refractivity contribution < 1.29 is 5.21 Å². The third-order valence-corrected chi connectivity index (χ3v) is 2.60. The van der Waals surface area contributed by atoms with Crippen LogP contribution in [0.4, 0.5) is 5.82 Å². The summed E-state index contributed by atoms with van der Waals surface area (Å²) in [6.07, 6.45) is 3.73. The van der Waals surface area contributed by atoms with E-state index in [-0.39, 0.29) is 5.84 Å². The Morgan fingerprint density at radius 3 is 3.07 bits per heavy atom. The molecule has 6 nitrogen and oxygen atoms in total. The lowest BCUT2D eigenvalue weighted by Gasteiger charge is -2.18. The van der Waals surface area contributed by atoms with Gasteiger partial charge in [0.15, 0.2) is 0 Å². The minimum atomic E-state index is 0.214. The lowest BCUT2D eigenvalue weighted by molar-refractivity contribution is 0.317. The monoisotopic (exact) mass is 321 g/mol. The molecule has 7 heteroatoms. The molecule has 0 saturated heterocycles. The Kier molecular flexibility index (Phi) is 4.53. The summed E-state index contributed by atoms with van der Waals surface area (Å²) in [7, 11) is 1.90. The summed E-state index contributed by atoms with van der Waals surface area (Å²) in [5.41, 5.74) is 5.38. The second kappa shape index (κ2) is 5.69. The van der Waals surface area contributed by atoms with Crippen molar-refractivity contribution in [3.63, 3.8) is 0 Å². The van der Waals surface area contributed by atoms with E-state index in [2.05, 4.69) is 37.7 Å². The minimum absolute atomic E-state index is 0.214. The molecule has 1 rings (SSSR count). The molecule has 15 heavy (non-hydrogen) atoms. The Hall–Kier alpha value is -1.12. The molecule has 1 aromatic heterocycles. The standard InChI is InChI=1S/C8H12IN5O/c1-14(3-2-7(10)13-15)8-6(9)4-11-5-12-8/h4-5,15H,2-3H2,1H3,(H2,10,13). The van der Waals surface area contributed by atoms with Gasteiger partial charge in [-0.05, 0) is 22.6 Å². The molecule has 3 N–H and O–H groups in total. The predicted molar refractivity (Wildman–Crippen MR) is 66.0 cm³/mol. The van der Waals surface area contributed by atoms with E-state index in [9.17, 15) is 0 Å². The number of nitrogens with two attached hydrogens (primary N) is 1. The first-order valence-corrected chi connectivity index (χ1v) is 5.36. The second-order valence-corrected chi connectivity index (χ2v) is 4.12. The van der Waals surface area contributed by atoms with Crippen LogP contribution in [-0.4, -0.2) is 34.6 Å². The van der Waals surface area contributed by atoms with E-state index in [1.54, 1.807) is 6.20 Å². The summed E-state index contributed by atoms with van der Waals surface area (Å²) in [4.78, 5) is 9.98. The molecule has 1 aromatic rings. The highest BCUT2D eigenvalue weighted by Crippen LogP contribution is 2.16. The topological polar surface area (TPSA) is 87.6 Å². The average Bonchev–Trinajstić information content (AvgIpc) is 2.26. The zero-order chi connectivity index (χ0) is 11.3. The van der Waals surface area contributed by atoms with E-state index in [1.807, 2.05) is 11.9 Å². The molecule has 0 spiro atoms. The van der Waals surface area contributed by atoms with E-state index >= 15 is 0 Å². The summed E-state index contributed by atoms with van der Waals surface area (Å²) in [6.45, 7) is 0.642. The molecule has 0 aliphatic heterocycles. The maximum Gasteiger partial charge on any atom is 0.145 e. The molecule has 0 amide bonds.